The smallest absolute Gasteiger partial charge is 0.151 e. The number of benzene rings is 1. The molecule has 0 aliphatic heterocycles. The Kier molecular flexibility index (Phi) is 4.80. The molecule has 4 heteroatoms. The number of hydrogen-bond acceptors (Lipinski definition) is 4. The standard InChI is InChI=1S/C15H19N3S/c1-12(13-7-5-4-6-8-13)11-18(2)14-9-10-15(19-3)17-16-14/h4-10,12H,11H2,1-3H3/t12-/m1/s1. The Morgan fingerprint density at radius 2 is 1.84 bits per heavy atom. The molecule has 0 bridgehead atoms. The third kappa shape index (κ3) is 3.70. The minimum Gasteiger partial charge on any atom is -0.358 e. The van der Waals surface area contributed by atoms with Crippen LogP contribution in [-0.2, 0) is 0 Å². The van der Waals surface area contributed by atoms with Crippen molar-refractivity contribution in [2.45, 2.75) is 17.9 Å². The quantitative estimate of drug-likeness (QED) is 0.780. The Labute approximate surface area is 119 Å². The zero-order valence-electron chi connectivity index (χ0n) is 11.6. The molecule has 19 heavy (non-hydrogen) atoms. The number of anilines is 1. The van der Waals surface area contributed by atoms with Crippen molar-refractivity contribution in [1.29, 1.82) is 0 Å². The van der Waals surface area contributed by atoms with Gasteiger partial charge in [-0.15, -0.1) is 22.0 Å². The molecule has 1 aromatic heterocycles. The average molecular weight is 273 g/mol. The number of rotatable bonds is 5. The summed E-state index contributed by atoms with van der Waals surface area (Å²) in [5.41, 5.74) is 1.35. The van der Waals surface area contributed by atoms with Gasteiger partial charge in [-0.25, -0.2) is 0 Å². The highest BCUT2D eigenvalue weighted by Gasteiger charge is 2.10. The zero-order valence-corrected chi connectivity index (χ0v) is 12.4. The molecule has 1 heterocycles. The van der Waals surface area contributed by atoms with E-state index in [1.807, 2.05) is 24.5 Å². The lowest BCUT2D eigenvalue weighted by atomic mass is 10.0. The van der Waals surface area contributed by atoms with E-state index in [0.717, 1.165) is 17.4 Å². The van der Waals surface area contributed by atoms with E-state index in [1.54, 1.807) is 11.8 Å². The van der Waals surface area contributed by atoms with Crippen molar-refractivity contribution >= 4 is 17.6 Å². The second kappa shape index (κ2) is 6.57. The lowest BCUT2D eigenvalue weighted by molar-refractivity contribution is 0.718. The van der Waals surface area contributed by atoms with Gasteiger partial charge in [0.15, 0.2) is 5.82 Å². The third-order valence-electron chi connectivity index (χ3n) is 3.14. The van der Waals surface area contributed by atoms with Gasteiger partial charge in [0.05, 0.1) is 0 Å². The second-order valence-corrected chi connectivity index (χ2v) is 5.45. The van der Waals surface area contributed by atoms with Crippen LogP contribution in [0.3, 0.4) is 0 Å². The van der Waals surface area contributed by atoms with Crippen LogP contribution in [0, 0.1) is 0 Å². The molecule has 1 atom stereocenters. The van der Waals surface area contributed by atoms with Gasteiger partial charge in [-0.1, -0.05) is 37.3 Å². The van der Waals surface area contributed by atoms with Crippen LogP contribution >= 0.6 is 11.8 Å². The van der Waals surface area contributed by atoms with E-state index in [1.165, 1.54) is 5.56 Å². The first kappa shape index (κ1) is 13.9. The van der Waals surface area contributed by atoms with E-state index in [0.29, 0.717) is 5.92 Å². The van der Waals surface area contributed by atoms with Gasteiger partial charge in [-0.3, -0.25) is 0 Å². The molecule has 0 fully saturated rings. The minimum absolute atomic E-state index is 0.466. The van der Waals surface area contributed by atoms with Crippen LogP contribution in [-0.4, -0.2) is 30.0 Å². The molecule has 0 unspecified atom stereocenters. The van der Waals surface area contributed by atoms with Crippen LogP contribution in [0.2, 0.25) is 0 Å². The maximum absolute atomic E-state index is 4.25. The Morgan fingerprint density at radius 1 is 1.11 bits per heavy atom. The predicted molar refractivity (Wildman–Crippen MR) is 81.9 cm³/mol. The molecule has 0 amide bonds. The Balaban J connectivity index is 2.02. The maximum atomic E-state index is 4.25. The number of hydrogen-bond donors (Lipinski definition) is 0. The molecule has 2 rings (SSSR count). The summed E-state index contributed by atoms with van der Waals surface area (Å²) in [4.78, 5) is 2.15. The fraction of sp³-hybridized carbons (Fsp3) is 0.333. The van der Waals surface area contributed by atoms with Gasteiger partial charge in [-0.2, -0.15) is 0 Å². The van der Waals surface area contributed by atoms with E-state index in [-0.39, 0.29) is 0 Å². The number of likely N-dealkylation sites (N-methyl/N-ethyl adjacent to an activating group) is 1. The van der Waals surface area contributed by atoms with Crippen molar-refractivity contribution in [3.63, 3.8) is 0 Å². The lowest BCUT2D eigenvalue weighted by Crippen LogP contribution is -2.24. The van der Waals surface area contributed by atoms with Crippen molar-refractivity contribution in [1.82, 2.24) is 10.2 Å². The van der Waals surface area contributed by atoms with Crippen molar-refractivity contribution in [2.24, 2.45) is 0 Å². The van der Waals surface area contributed by atoms with E-state index >= 15 is 0 Å². The number of nitrogens with zero attached hydrogens (tertiary/aromatic N) is 3. The Hall–Kier alpha value is -1.55. The van der Waals surface area contributed by atoms with Gasteiger partial charge in [-0.05, 0) is 29.9 Å². The first-order valence-electron chi connectivity index (χ1n) is 6.34. The molecule has 0 saturated carbocycles. The van der Waals surface area contributed by atoms with Gasteiger partial charge in [0.2, 0.25) is 0 Å². The second-order valence-electron chi connectivity index (χ2n) is 4.63. The topological polar surface area (TPSA) is 29.0 Å². The Bertz CT molecular complexity index is 499. The van der Waals surface area contributed by atoms with Gasteiger partial charge in [0.1, 0.15) is 5.03 Å². The van der Waals surface area contributed by atoms with Crippen LogP contribution in [0.15, 0.2) is 47.5 Å². The third-order valence-corrected chi connectivity index (χ3v) is 3.78. The number of aromatic nitrogens is 2. The van der Waals surface area contributed by atoms with E-state index in [4.69, 9.17) is 0 Å². The SMILES string of the molecule is CSc1ccc(N(C)C[C@@H](C)c2ccccc2)nn1. The molecule has 0 spiro atoms. The fourth-order valence-corrected chi connectivity index (χ4v) is 2.34. The summed E-state index contributed by atoms with van der Waals surface area (Å²) in [6, 6.07) is 14.6. The van der Waals surface area contributed by atoms with Crippen LogP contribution in [0.1, 0.15) is 18.4 Å². The first-order chi connectivity index (χ1) is 9.20. The molecule has 0 aliphatic rings. The average Bonchev–Trinajstić information content (AvgIpc) is 2.48. The molecule has 100 valence electrons. The van der Waals surface area contributed by atoms with Crippen LogP contribution in [0.25, 0.3) is 0 Å². The molecular formula is C15H19N3S. The van der Waals surface area contributed by atoms with Crippen molar-refractivity contribution in [3.8, 4) is 0 Å². The minimum atomic E-state index is 0.466. The highest BCUT2D eigenvalue weighted by atomic mass is 32.2. The van der Waals surface area contributed by atoms with Crippen LogP contribution < -0.4 is 4.90 Å². The maximum Gasteiger partial charge on any atom is 0.151 e. The summed E-state index contributed by atoms with van der Waals surface area (Å²) in [6.07, 6.45) is 2.00. The van der Waals surface area contributed by atoms with Crippen LogP contribution in [0.4, 0.5) is 5.82 Å². The number of thioether (sulfide) groups is 1. The highest BCUT2D eigenvalue weighted by molar-refractivity contribution is 7.98. The molecule has 0 N–H and O–H groups in total. The molecular weight excluding hydrogens is 254 g/mol. The summed E-state index contributed by atoms with van der Waals surface area (Å²) in [5, 5.41) is 9.37. The molecule has 0 saturated heterocycles. The first-order valence-corrected chi connectivity index (χ1v) is 7.57. The lowest BCUT2D eigenvalue weighted by Gasteiger charge is -2.22. The molecule has 1 aromatic carbocycles. The fourth-order valence-electron chi connectivity index (χ4n) is 2.02. The normalized spacial score (nSPS) is 12.2. The van der Waals surface area contributed by atoms with Gasteiger partial charge < -0.3 is 4.90 Å². The highest BCUT2D eigenvalue weighted by Crippen LogP contribution is 2.19. The van der Waals surface area contributed by atoms with E-state index in [2.05, 4.69) is 53.3 Å². The van der Waals surface area contributed by atoms with Crippen LogP contribution in [0.5, 0.6) is 0 Å². The molecule has 0 radical (unpaired) electrons. The van der Waals surface area contributed by atoms with Crippen molar-refractivity contribution in [2.75, 3.05) is 24.7 Å². The van der Waals surface area contributed by atoms with E-state index in [9.17, 15) is 0 Å². The summed E-state index contributed by atoms with van der Waals surface area (Å²) < 4.78 is 0. The zero-order chi connectivity index (χ0) is 13.7. The molecule has 3 nitrogen and oxygen atoms in total. The molecule has 0 aliphatic carbocycles. The van der Waals surface area contributed by atoms with Gasteiger partial charge in [0, 0.05) is 13.6 Å². The summed E-state index contributed by atoms with van der Waals surface area (Å²) in [5.74, 6) is 1.38. The summed E-state index contributed by atoms with van der Waals surface area (Å²) in [6.45, 7) is 3.16. The van der Waals surface area contributed by atoms with E-state index < -0.39 is 0 Å². The molecule has 2 aromatic rings. The largest absolute Gasteiger partial charge is 0.358 e. The van der Waals surface area contributed by atoms with Crippen molar-refractivity contribution < 1.29 is 0 Å². The van der Waals surface area contributed by atoms with Gasteiger partial charge >= 0.3 is 0 Å². The van der Waals surface area contributed by atoms with Crippen molar-refractivity contribution in [3.05, 3.63) is 48.0 Å². The monoisotopic (exact) mass is 273 g/mol. The summed E-state index contributed by atoms with van der Waals surface area (Å²) >= 11 is 1.61. The Morgan fingerprint density at radius 3 is 2.42 bits per heavy atom. The summed E-state index contributed by atoms with van der Waals surface area (Å²) in [7, 11) is 2.06. The van der Waals surface area contributed by atoms with Gasteiger partial charge in [0.25, 0.3) is 0 Å². The predicted octanol–water partition coefficient (Wildman–Crippen LogP) is 3.44.